The number of benzene rings is 1. The minimum absolute atomic E-state index is 0.00271. The number of carboxylic acid groups (broad SMARTS) is 2. The highest BCUT2D eigenvalue weighted by molar-refractivity contribution is 5.79. The van der Waals surface area contributed by atoms with Crippen molar-refractivity contribution in [1.82, 2.24) is 0 Å². The summed E-state index contributed by atoms with van der Waals surface area (Å²) in [5.74, 6) is -2.08. The Balaban J connectivity index is 0.000000318. The van der Waals surface area contributed by atoms with Crippen LogP contribution in [-0.4, -0.2) is 56.4 Å². The van der Waals surface area contributed by atoms with Gasteiger partial charge in [0.1, 0.15) is 23.0 Å². The topological polar surface area (TPSA) is 206 Å². The lowest BCUT2D eigenvalue weighted by atomic mass is 10.00. The largest absolute Gasteiger partial charge is 0.514 e. The van der Waals surface area contributed by atoms with Gasteiger partial charge in [0.05, 0.1) is 17.3 Å². The molecule has 224 valence electrons. The molecular weight excluding hydrogens is 528 g/mol. The Labute approximate surface area is 233 Å². The van der Waals surface area contributed by atoms with Gasteiger partial charge in [-0.15, -0.1) is 0 Å². The maximum atomic E-state index is 11.4. The second-order valence-corrected chi connectivity index (χ2v) is 11.6. The maximum Gasteiger partial charge on any atom is 0.514 e. The minimum atomic E-state index is -0.886. The second-order valence-electron chi connectivity index (χ2n) is 11.6. The van der Waals surface area contributed by atoms with Crippen LogP contribution < -0.4 is 10.5 Å². The molecule has 3 rings (SSSR count). The number of nitro groups is 1. The molecule has 0 unspecified atom stereocenters. The molecule has 0 aliphatic heterocycles. The molecule has 2 fully saturated rings. The average Bonchev–Trinajstić information content (AvgIpc) is 3.69. The maximum absolute atomic E-state index is 11.4. The van der Waals surface area contributed by atoms with E-state index < -0.39 is 52.1 Å². The molecule has 13 heteroatoms. The molecule has 40 heavy (non-hydrogen) atoms. The summed E-state index contributed by atoms with van der Waals surface area (Å²) in [6, 6.07) is 4.57. The first-order chi connectivity index (χ1) is 18.3. The normalized spacial score (nSPS) is 16.0. The van der Waals surface area contributed by atoms with Gasteiger partial charge in [0.2, 0.25) is 0 Å². The van der Waals surface area contributed by atoms with Crippen LogP contribution in [-0.2, 0) is 23.9 Å². The lowest BCUT2D eigenvalue weighted by molar-refractivity contribution is -0.384. The van der Waals surface area contributed by atoms with E-state index in [4.69, 9.17) is 30.2 Å². The number of carboxylic acids is 2. The molecule has 4 N–H and O–H groups in total. The Morgan fingerprint density at radius 2 is 1.38 bits per heavy atom. The molecule has 0 saturated heterocycles. The van der Waals surface area contributed by atoms with Crippen molar-refractivity contribution in [2.24, 2.45) is 23.5 Å². The molecule has 13 nitrogen and oxygen atoms in total. The third-order valence-corrected chi connectivity index (χ3v) is 5.37. The van der Waals surface area contributed by atoms with Crippen LogP contribution in [0.4, 0.5) is 10.5 Å². The molecule has 2 aliphatic rings. The van der Waals surface area contributed by atoms with Crippen molar-refractivity contribution >= 4 is 29.8 Å². The molecule has 0 spiro atoms. The van der Waals surface area contributed by atoms with Crippen LogP contribution in [0.1, 0.15) is 73.6 Å². The highest BCUT2D eigenvalue weighted by Gasteiger charge is 2.38. The van der Waals surface area contributed by atoms with Crippen LogP contribution in [0.2, 0.25) is 0 Å². The number of hydrogen-bond acceptors (Lipinski definition) is 10. The summed E-state index contributed by atoms with van der Waals surface area (Å²) >= 11 is 0. The van der Waals surface area contributed by atoms with Crippen LogP contribution in [0.3, 0.4) is 0 Å². The summed E-state index contributed by atoms with van der Waals surface area (Å²) in [6.45, 7) is 10.5. The molecule has 2 aliphatic carbocycles. The van der Waals surface area contributed by atoms with E-state index in [1.807, 2.05) is 0 Å². The summed E-state index contributed by atoms with van der Waals surface area (Å²) in [7, 11) is 0. The highest BCUT2D eigenvalue weighted by Crippen LogP contribution is 2.39. The first-order valence-corrected chi connectivity index (χ1v) is 12.9. The quantitative estimate of drug-likeness (QED) is 0.171. The number of hydrogen-bond donors (Lipinski definition) is 3. The van der Waals surface area contributed by atoms with E-state index in [0.29, 0.717) is 0 Å². The highest BCUT2D eigenvalue weighted by atomic mass is 16.7. The Morgan fingerprint density at radius 1 is 0.900 bits per heavy atom. The lowest BCUT2D eigenvalue weighted by Crippen LogP contribution is -2.31. The number of non-ortho nitro benzene ring substituents is 1. The number of carbonyl (C=O) groups is 4. The fraction of sp³-hybridized carbons (Fsp3) is 0.630. The first kappa shape index (κ1) is 34.3. The van der Waals surface area contributed by atoms with E-state index in [1.54, 1.807) is 41.5 Å². The lowest BCUT2D eigenvalue weighted by Gasteiger charge is -2.20. The van der Waals surface area contributed by atoms with Crippen molar-refractivity contribution in [3.63, 3.8) is 0 Å². The Morgan fingerprint density at radius 3 is 1.70 bits per heavy atom. The monoisotopic (exact) mass is 568 g/mol. The van der Waals surface area contributed by atoms with Crippen LogP contribution in [0.15, 0.2) is 24.3 Å². The van der Waals surface area contributed by atoms with E-state index in [-0.39, 0.29) is 29.7 Å². The molecule has 1 aromatic carbocycles. The third-order valence-electron chi connectivity index (χ3n) is 5.37. The van der Waals surface area contributed by atoms with Gasteiger partial charge in [0.15, 0.2) is 0 Å². The van der Waals surface area contributed by atoms with E-state index in [2.05, 4.69) is 0 Å². The number of esters is 1. The molecule has 0 radical (unpaired) electrons. The van der Waals surface area contributed by atoms with Gasteiger partial charge in [-0.1, -0.05) is 0 Å². The number of nitrogens with zero attached hydrogens (tertiary/aromatic N) is 1. The molecule has 0 amide bonds. The van der Waals surface area contributed by atoms with E-state index in [9.17, 15) is 29.3 Å². The average molecular weight is 569 g/mol. The van der Waals surface area contributed by atoms with E-state index in [1.165, 1.54) is 24.3 Å². The number of aliphatic carboxylic acids is 2. The van der Waals surface area contributed by atoms with Crippen molar-refractivity contribution in [2.45, 2.75) is 90.9 Å². The summed E-state index contributed by atoms with van der Waals surface area (Å²) in [5, 5.41) is 27.6. The summed E-state index contributed by atoms with van der Waals surface area (Å²) in [5.41, 5.74) is 3.98. The van der Waals surface area contributed by atoms with Crippen LogP contribution in [0.25, 0.3) is 0 Å². The van der Waals surface area contributed by atoms with Gasteiger partial charge in [-0.05, 0) is 91.2 Å². The third kappa shape index (κ3) is 15.0. The molecule has 2 saturated carbocycles. The molecule has 2 atom stereocenters. The van der Waals surface area contributed by atoms with Crippen LogP contribution >= 0.6 is 0 Å². The minimum Gasteiger partial charge on any atom is -0.481 e. The second kappa shape index (κ2) is 14.6. The Hall–Kier alpha value is -3.74. The predicted molar refractivity (Wildman–Crippen MR) is 143 cm³/mol. The van der Waals surface area contributed by atoms with E-state index in [0.717, 1.165) is 25.7 Å². The standard InChI is InChI=1S/C11H13NO5.C11H18O4.C5H9NO2/c1-11(2,3)17-10(13)16-9-6-4-8(5-7-9)12(14)15;1-11(2,3)15-9(12)6-8(10(13)14)7-4-5-7;6-4(5(7)8)3-1-2-3/h4-7H,1-3H3;7-8H,4-6H2,1-3H3,(H,13,14);3-4H,1-2,6H2,(H,7,8)/t;8-;4-/m.00/s1. The Bertz CT molecular complexity index is 1030. The number of ether oxygens (including phenoxy) is 3. The number of nitro benzene ring substituents is 1. The number of carbonyl (C=O) groups excluding carboxylic acids is 2. The molecular formula is C27H40N2O11. The van der Waals surface area contributed by atoms with Gasteiger partial charge >= 0.3 is 24.1 Å². The van der Waals surface area contributed by atoms with Crippen molar-refractivity contribution in [1.29, 1.82) is 0 Å². The smallest absolute Gasteiger partial charge is 0.481 e. The van der Waals surface area contributed by atoms with Gasteiger partial charge < -0.3 is 30.2 Å². The van der Waals surface area contributed by atoms with Crippen LogP contribution in [0.5, 0.6) is 5.75 Å². The zero-order valence-corrected chi connectivity index (χ0v) is 23.7. The van der Waals surface area contributed by atoms with Crippen LogP contribution in [0, 0.1) is 27.9 Å². The predicted octanol–water partition coefficient (Wildman–Crippen LogP) is 4.55. The number of rotatable bonds is 8. The SMILES string of the molecule is CC(C)(C)OC(=O)C[C@H](C(=O)O)C1CC1.CC(C)(C)OC(=O)Oc1ccc([N+](=O)[O-])cc1.N[C@H](C(=O)O)C1CC1. The fourth-order valence-electron chi connectivity index (χ4n) is 3.18. The summed E-state index contributed by atoms with van der Waals surface area (Å²) < 4.78 is 14.9. The van der Waals surface area contributed by atoms with Crippen molar-refractivity contribution in [2.75, 3.05) is 0 Å². The zero-order chi connectivity index (χ0) is 30.8. The molecule has 0 heterocycles. The molecule has 1 aromatic rings. The fourth-order valence-corrected chi connectivity index (χ4v) is 3.18. The van der Waals surface area contributed by atoms with E-state index >= 15 is 0 Å². The first-order valence-electron chi connectivity index (χ1n) is 12.9. The van der Waals surface area contributed by atoms with Gasteiger partial charge in [-0.2, -0.15) is 0 Å². The van der Waals surface area contributed by atoms with Crippen molar-refractivity contribution in [3.05, 3.63) is 34.4 Å². The number of nitrogens with two attached hydrogens (primary N) is 1. The van der Waals surface area contributed by atoms with Gasteiger partial charge in [-0.25, -0.2) is 4.79 Å². The summed E-state index contributed by atoms with van der Waals surface area (Å²) in [6.07, 6.45) is 2.98. The van der Waals surface area contributed by atoms with Gasteiger partial charge in [-0.3, -0.25) is 24.5 Å². The van der Waals surface area contributed by atoms with Gasteiger partial charge in [0.25, 0.3) is 5.69 Å². The summed E-state index contributed by atoms with van der Waals surface area (Å²) in [4.78, 5) is 53.5. The van der Waals surface area contributed by atoms with Crippen molar-refractivity contribution in [3.8, 4) is 5.75 Å². The van der Waals surface area contributed by atoms with Gasteiger partial charge in [0, 0.05) is 12.1 Å². The Kier molecular flexibility index (Phi) is 12.5. The zero-order valence-electron chi connectivity index (χ0n) is 23.7. The van der Waals surface area contributed by atoms with Crippen molar-refractivity contribution < 1.29 is 48.5 Å². The molecule has 0 aromatic heterocycles. The molecule has 0 bridgehead atoms.